The quantitative estimate of drug-likeness (QED) is 0.556. The van der Waals surface area contributed by atoms with Crippen LogP contribution in [0, 0.1) is 0 Å². The SMILES string of the molecule is NC(=O)COc1ccccc1/C=C1\SC(=S)N(NC(=O)c2ccccc2)C1=O. The van der Waals surface area contributed by atoms with Crippen molar-refractivity contribution in [1.82, 2.24) is 10.4 Å². The number of nitrogens with zero attached hydrogens (tertiary/aromatic N) is 1. The summed E-state index contributed by atoms with van der Waals surface area (Å²) in [7, 11) is 0. The lowest BCUT2D eigenvalue weighted by Gasteiger charge is -2.15. The largest absolute Gasteiger partial charge is 0.483 e. The highest BCUT2D eigenvalue weighted by Crippen LogP contribution is 2.33. The number of hydrazine groups is 1. The van der Waals surface area contributed by atoms with Crippen molar-refractivity contribution in [2.75, 3.05) is 6.61 Å². The van der Waals surface area contributed by atoms with Gasteiger partial charge in [0.2, 0.25) is 0 Å². The Hall–Kier alpha value is -3.17. The van der Waals surface area contributed by atoms with Crippen LogP contribution in [0.4, 0.5) is 0 Å². The summed E-state index contributed by atoms with van der Waals surface area (Å²) in [5.74, 6) is -1.10. The summed E-state index contributed by atoms with van der Waals surface area (Å²) < 4.78 is 5.57. The van der Waals surface area contributed by atoms with E-state index in [1.165, 1.54) is 0 Å². The van der Waals surface area contributed by atoms with Crippen molar-refractivity contribution in [3.8, 4) is 5.75 Å². The van der Waals surface area contributed by atoms with E-state index in [-0.39, 0.29) is 10.9 Å². The monoisotopic (exact) mass is 413 g/mol. The van der Waals surface area contributed by atoms with Crippen LogP contribution in [0.5, 0.6) is 5.75 Å². The molecule has 0 aromatic heterocycles. The van der Waals surface area contributed by atoms with Crippen LogP contribution in [-0.2, 0) is 9.59 Å². The lowest BCUT2D eigenvalue weighted by atomic mass is 10.2. The summed E-state index contributed by atoms with van der Waals surface area (Å²) in [6.07, 6.45) is 1.59. The van der Waals surface area contributed by atoms with Crippen LogP contribution in [0.15, 0.2) is 59.5 Å². The van der Waals surface area contributed by atoms with E-state index in [4.69, 9.17) is 22.7 Å². The van der Waals surface area contributed by atoms with E-state index >= 15 is 0 Å². The molecular weight excluding hydrogens is 398 g/mol. The molecule has 3 amide bonds. The number of nitrogens with one attached hydrogen (secondary N) is 1. The van der Waals surface area contributed by atoms with Crippen LogP contribution < -0.4 is 15.9 Å². The van der Waals surface area contributed by atoms with E-state index in [9.17, 15) is 14.4 Å². The minimum Gasteiger partial charge on any atom is -0.483 e. The molecule has 2 aromatic carbocycles. The van der Waals surface area contributed by atoms with Gasteiger partial charge in [0, 0.05) is 11.1 Å². The van der Waals surface area contributed by atoms with Crippen molar-refractivity contribution in [3.05, 3.63) is 70.6 Å². The van der Waals surface area contributed by atoms with Gasteiger partial charge in [-0.15, -0.1) is 0 Å². The molecule has 9 heteroatoms. The molecule has 1 aliphatic rings. The maximum Gasteiger partial charge on any atom is 0.285 e. The van der Waals surface area contributed by atoms with Crippen molar-refractivity contribution < 1.29 is 19.1 Å². The highest BCUT2D eigenvalue weighted by molar-refractivity contribution is 8.26. The number of nitrogens with two attached hydrogens (primary N) is 1. The number of hydrogen-bond donors (Lipinski definition) is 2. The average molecular weight is 413 g/mol. The first-order valence-corrected chi connectivity index (χ1v) is 9.32. The van der Waals surface area contributed by atoms with Crippen molar-refractivity contribution >= 4 is 52.1 Å². The molecule has 7 nitrogen and oxygen atoms in total. The first-order chi connectivity index (χ1) is 13.5. The highest BCUT2D eigenvalue weighted by Gasteiger charge is 2.34. The third-order valence-electron chi connectivity index (χ3n) is 3.62. The third-order valence-corrected chi connectivity index (χ3v) is 4.92. The molecule has 0 aliphatic carbocycles. The minimum absolute atomic E-state index is 0.205. The number of thioether (sulfide) groups is 1. The van der Waals surface area contributed by atoms with Crippen LogP contribution in [-0.4, -0.2) is 33.7 Å². The van der Waals surface area contributed by atoms with Crippen LogP contribution in [0.1, 0.15) is 15.9 Å². The molecule has 0 radical (unpaired) electrons. The zero-order chi connectivity index (χ0) is 20.1. The van der Waals surface area contributed by atoms with Gasteiger partial charge in [-0.05, 0) is 36.5 Å². The second-order valence-electron chi connectivity index (χ2n) is 5.62. The summed E-state index contributed by atoms with van der Waals surface area (Å²) in [6, 6.07) is 15.4. The average Bonchev–Trinajstić information content (AvgIpc) is 2.95. The number of hydrogen-bond acceptors (Lipinski definition) is 6. The fraction of sp³-hybridized carbons (Fsp3) is 0.0526. The van der Waals surface area contributed by atoms with Gasteiger partial charge in [0.1, 0.15) is 5.75 Å². The molecule has 0 saturated carbocycles. The first kappa shape index (κ1) is 19.6. The summed E-state index contributed by atoms with van der Waals surface area (Å²) >= 11 is 6.27. The van der Waals surface area contributed by atoms with Gasteiger partial charge in [0.05, 0.1) is 4.91 Å². The fourth-order valence-corrected chi connectivity index (χ4v) is 3.51. The van der Waals surface area contributed by atoms with Crippen molar-refractivity contribution in [1.29, 1.82) is 0 Å². The summed E-state index contributed by atoms with van der Waals surface area (Å²) in [5.41, 5.74) is 8.61. The normalized spacial score (nSPS) is 15.0. The van der Waals surface area contributed by atoms with Crippen molar-refractivity contribution in [2.45, 2.75) is 0 Å². The first-order valence-electron chi connectivity index (χ1n) is 8.10. The molecule has 1 fully saturated rings. The van der Waals surface area contributed by atoms with Crippen molar-refractivity contribution in [2.24, 2.45) is 5.73 Å². The van der Waals surface area contributed by atoms with Gasteiger partial charge in [-0.25, -0.2) is 0 Å². The maximum absolute atomic E-state index is 12.7. The Balaban J connectivity index is 1.78. The molecule has 3 N–H and O–H groups in total. The molecular formula is C19H15N3O4S2. The molecule has 0 unspecified atom stereocenters. The topological polar surface area (TPSA) is 102 Å². The smallest absolute Gasteiger partial charge is 0.285 e. The third kappa shape index (κ3) is 4.56. The van der Waals surface area contributed by atoms with E-state index in [1.807, 2.05) is 0 Å². The summed E-state index contributed by atoms with van der Waals surface area (Å²) in [5, 5.41) is 1.04. The Bertz CT molecular complexity index is 976. The van der Waals surface area contributed by atoms with Gasteiger partial charge >= 0.3 is 0 Å². The van der Waals surface area contributed by atoms with Crippen molar-refractivity contribution in [3.63, 3.8) is 0 Å². The number of amides is 3. The van der Waals surface area contributed by atoms with E-state index in [2.05, 4.69) is 5.43 Å². The Kier molecular flexibility index (Phi) is 6.07. The molecule has 142 valence electrons. The van der Waals surface area contributed by atoms with Crippen LogP contribution in [0.3, 0.4) is 0 Å². The van der Waals surface area contributed by atoms with Crippen LogP contribution >= 0.6 is 24.0 Å². The van der Waals surface area contributed by atoms with Crippen LogP contribution in [0.2, 0.25) is 0 Å². The Labute approximate surface area is 170 Å². The Morgan fingerprint density at radius 2 is 1.82 bits per heavy atom. The molecule has 2 aromatic rings. The number of benzene rings is 2. The summed E-state index contributed by atoms with van der Waals surface area (Å²) in [4.78, 5) is 36.2. The predicted molar refractivity (Wildman–Crippen MR) is 110 cm³/mol. The Morgan fingerprint density at radius 1 is 1.14 bits per heavy atom. The molecule has 0 bridgehead atoms. The number of thiocarbonyl (C=S) groups is 1. The fourth-order valence-electron chi connectivity index (χ4n) is 2.34. The van der Waals surface area contributed by atoms with Gasteiger partial charge in [0.15, 0.2) is 10.9 Å². The zero-order valence-electron chi connectivity index (χ0n) is 14.5. The highest BCUT2D eigenvalue weighted by atomic mass is 32.2. The second kappa shape index (κ2) is 8.68. The van der Waals surface area contributed by atoms with E-state index in [0.717, 1.165) is 16.8 Å². The lowest BCUT2D eigenvalue weighted by molar-refractivity contribution is -0.123. The number of para-hydroxylation sites is 1. The molecule has 3 rings (SSSR count). The second-order valence-corrected chi connectivity index (χ2v) is 7.29. The molecule has 28 heavy (non-hydrogen) atoms. The van der Waals surface area contributed by atoms with E-state index in [0.29, 0.717) is 21.8 Å². The minimum atomic E-state index is -0.607. The number of rotatable bonds is 6. The molecule has 1 aliphatic heterocycles. The summed E-state index contributed by atoms with van der Waals surface area (Å²) in [6.45, 7) is -0.279. The molecule has 1 saturated heterocycles. The molecule has 0 atom stereocenters. The van der Waals surface area contributed by atoms with Gasteiger partial charge in [-0.2, -0.15) is 5.01 Å². The number of carbonyl (C=O) groups is 3. The molecule has 1 heterocycles. The number of carbonyl (C=O) groups excluding carboxylic acids is 3. The van der Waals surface area contributed by atoms with E-state index < -0.39 is 17.7 Å². The standard InChI is InChI=1S/C19H15N3O4S2/c20-16(23)11-26-14-9-5-4-8-13(14)10-15-18(25)22(19(27)28-15)21-17(24)12-6-2-1-3-7-12/h1-10H,11H2,(H2,20,23)(H,21,24)/b15-10-. The lowest BCUT2D eigenvalue weighted by Crippen LogP contribution is -2.44. The zero-order valence-corrected chi connectivity index (χ0v) is 16.1. The van der Waals surface area contributed by atoms with Gasteiger partial charge in [-0.1, -0.05) is 48.2 Å². The molecule has 0 spiro atoms. The Morgan fingerprint density at radius 3 is 2.54 bits per heavy atom. The number of primary amides is 1. The maximum atomic E-state index is 12.7. The van der Waals surface area contributed by atoms with Crippen LogP contribution in [0.25, 0.3) is 6.08 Å². The van der Waals surface area contributed by atoms with Gasteiger partial charge in [-0.3, -0.25) is 19.8 Å². The van der Waals surface area contributed by atoms with Gasteiger partial charge < -0.3 is 10.5 Å². The van der Waals surface area contributed by atoms with E-state index in [1.54, 1.807) is 60.7 Å². The van der Waals surface area contributed by atoms with Gasteiger partial charge in [0.25, 0.3) is 17.7 Å². The number of ether oxygens (including phenoxy) is 1. The predicted octanol–water partition coefficient (Wildman–Crippen LogP) is 2.10.